The van der Waals surface area contributed by atoms with Crippen LogP contribution >= 0.6 is 0 Å². The highest BCUT2D eigenvalue weighted by atomic mass is 16.2. The molecule has 2 heterocycles. The third-order valence-corrected chi connectivity index (χ3v) is 5.01. The third kappa shape index (κ3) is 3.75. The second kappa shape index (κ2) is 7.13. The van der Waals surface area contributed by atoms with E-state index in [9.17, 15) is 14.4 Å². The number of urea groups is 1. The quantitative estimate of drug-likeness (QED) is 0.828. The lowest BCUT2D eigenvalue weighted by molar-refractivity contribution is -0.119. The molecule has 25 heavy (non-hydrogen) atoms. The normalized spacial score (nSPS) is 20.8. The van der Waals surface area contributed by atoms with Gasteiger partial charge >= 0.3 is 6.03 Å². The van der Waals surface area contributed by atoms with Gasteiger partial charge in [0.2, 0.25) is 12.3 Å². The molecule has 1 aromatic carbocycles. The van der Waals surface area contributed by atoms with Crippen molar-refractivity contribution in [3.8, 4) is 0 Å². The minimum Gasteiger partial charge on any atom is -0.342 e. The molecule has 7 heteroatoms. The fraction of sp³-hybridized carbons (Fsp3) is 0.500. The molecule has 0 spiro atoms. The summed E-state index contributed by atoms with van der Waals surface area (Å²) >= 11 is 0. The van der Waals surface area contributed by atoms with E-state index in [0.717, 1.165) is 17.7 Å². The van der Waals surface area contributed by atoms with Crippen LogP contribution in [0.2, 0.25) is 0 Å². The summed E-state index contributed by atoms with van der Waals surface area (Å²) in [6, 6.07) is 5.62. The van der Waals surface area contributed by atoms with Crippen LogP contribution in [0.15, 0.2) is 18.2 Å². The molecule has 2 saturated heterocycles. The Morgan fingerprint density at radius 1 is 1.16 bits per heavy atom. The van der Waals surface area contributed by atoms with Crippen molar-refractivity contribution in [3.63, 3.8) is 0 Å². The molecule has 0 radical (unpaired) electrons. The Labute approximate surface area is 147 Å². The first-order valence-electron chi connectivity index (χ1n) is 8.60. The van der Waals surface area contributed by atoms with E-state index in [1.165, 1.54) is 5.56 Å². The lowest BCUT2D eigenvalue weighted by atomic mass is 10.1. The molecule has 2 aliphatic heterocycles. The number of hydrogen-bond acceptors (Lipinski definition) is 3. The molecule has 7 nitrogen and oxygen atoms in total. The second-order valence-corrected chi connectivity index (χ2v) is 6.75. The van der Waals surface area contributed by atoms with E-state index < -0.39 is 0 Å². The number of benzene rings is 1. The molecular weight excluding hydrogens is 320 g/mol. The van der Waals surface area contributed by atoms with Gasteiger partial charge in [-0.3, -0.25) is 9.59 Å². The zero-order valence-corrected chi connectivity index (χ0v) is 14.7. The summed E-state index contributed by atoms with van der Waals surface area (Å²) in [5, 5.41) is 2.96. The van der Waals surface area contributed by atoms with Gasteiger partial charge in [-0.05, 0) is 37.1 Å². The first-order valence-corrected chi connectivity index (χ1v) is 8.60. The van der Waals surface area contributed by atoms with Gasteiger partial charge in [-0.25, -0.2) is 4.79 Å². The summed E-state index contributed by atoms with van der Waals surface area (Å²) < 4.78 is 0. The average molecular weight is 344 g/mol. The molecule has 1 aromatic rings. The predicted octanol–water partition coefficient (Wildman–Crippen LogP) is 0.892. The van der Waals surface area contributed by atoms with Crippen molar-refractivity contribution < 1.29 is 14.4 Å². The molecule has 0 saturated carbocycles. The van der Waals surface area contributed by atoms with Gasteiger partial charge in [-0.2, -0.15) is 0 Å². The number of rotatable bonds is 3. The topological polar surface area (TPSA) is 73.0 Å². The van der Waals surface area contributed by atoms with Crippen LogP contribution in [0.1, 0.15) is 17.5 Å². The van der Waals surface area contributed by atoms with E-state index in [1.54, 1.807) is 14.7 Å². The van der Waals surface area contributed by atoms with Crippen molar-refractivity contribution >= 4 is 24.0 Å². The smallest absolute Gasteiger partial charge is 0.317 e. The highest BCUT2D eigenvalue weighted by molar-refractivity contribution is 5.97. The van der Waals surface area contributed by atoms with Gasteiger partial charge < -0.3 is 20.0 Å². The van der Waals surface area contributed by atoms with Gasteiger partial charge in [0.05, 0.1) is 6.04 Å². The molecule has 134 valence electrons. The molecule has 0 aliphatic carbocycles. The maximum atomic E-state index is 12.4. The molecule has 1 N–H and O–H groups in total. The summed E-state index contributed by atoms with van der Waals surface area (Å²) in [7, 11) is 0. The number of amides is 4. The molecule has 1 unspecified atom stereocenters. The Balaban J connectivity index is 1.58. The van der Waals surface area contributed by atoms with Crippen LogP contribution in [0.4, 0.5) is 10.5 Å². The fourth-order valence-corrected chi connectivity index (χ4v) is 3.24. The maximum absolute atomic E-state index is 12.4. The van der Waals surface area contributed by atoms with Crippen molar-refractivity contribution in [3.05, 3.63) is 29.3 Å². The SMILES string of the molecule is Cc1ccc(N2CC(NC(=O)N3CCN(C=O)CC3)CC2=O)cc1C. The van der Waals surface area contributed by atoms with E-state index in [4.69, 9.17) is 0 Å². The lowest BCUT2D eigenvalue weighted by Gasteiger charge is -2.33. The van der Waals surface area contributed by atoms with Gasteiger partial charge in [0.15, 0.2) is 0 Å². The van der Waals surface area contributed by atoms with Crippen molar-refractivity contribution in [2.75, 3.05) is 37.6 Å². The van der Waals surface area contributed by atoms with E-state index >= 15 is 0 Å². The molecule has 4 amide bonds. The fourth-order valence-electron chi connectivity index (χ4n) is 3.24. The van der Waals surface area contributed by atoms with Gasteiger partial charge in [0.25, 0.3) is 0 Å². The van der Waals surface area contributed by atoms with E-state index in [1.807, 2.05) is 32.0 Å². The monoisotopic (exact) mass is 344 g/mol. The Kier molecular flexibility index (Phi) is 4.92. The minimum absolute atomic E-state index is 0.0272. The van der Waals surface area contributed by atoms with Crippen LogP contribution in [0.25, 0.3) is 0 Å². The van der Waals surface area contributed by atoms with E-state index in [-0.39, 0.29) is 18.0 Å². The zero-order valence-electron chi connectivity index (χ0n) is 14.7. The van der Waals surface area contributed by atoms with Crippen molar-refractivity contribution in [2.45, 2.75) is 26.3 Å². The summed E-state index contributed by atoms with van der Waals surface area (Å²) in [6.45, 7) is 6.69. The average Bonchev–Trinajstić information content (AvgIpc) is 2.97. The molecule has 2 aliphatic rings. The standard InChI is InChI=1S/C18H24N4O3/c1-13-3-4-16(9-14(13)2)22-11-15(10-17(22)24)19-18(25)21-7-5-20(12-23)6-8-21/h3-4,9,12,15H,5-8,10-11H2,1-2H3,(H,19,25). The number of aryl methyl sites for hydroxylation is 2. The number of carbonyl (C=O) groups excluding carboxylic acids is 3. The van der Waals surface area contributed by atoms with Gasteiger partial charge in [-0.1, -0.05) is 6.07 Å². The Morgan fingerprint density at radius 2 is 1.88 bits per heavy atom. The van der Waals surface area contributed by atoms with Crippen LogP contribution in [-0.2, 0) is 9.59 Å². The summed E-state index contributed by atoms with van der Waals surface area (Å²) in [5.74, 6) is 0.0272. The molecule has 0 bridgehead atoms. The Bertz CT molecular complexity index is 683. The van der Waals surface area contributed by atoms with Crippen molar-refractivity contribution in [1.29, 1.82) is 0 Å². The number of carbonyl (C=O) groups is 3. The van der Waals surface area contributed by atoms with Gasteiger partial charge in [0.1, 0.15) is 0 Å². The number of nitrogens with zero attached hydrogens (tertiary/aromatic N) is 3. The number of piperazine rings is 1. The van der Waals surface area contributed by atoms with Crippen molar-refractivity contribution in [2.24, 2.45) is 0 Å². The van der Waals surface area contributed by atoms with Gasteiger partial charge in [0, 0.05) is 44.8 Å². The molecular formula is C18H24N4O3. The first kappa shape index (κ1) is 17.3. The number of nitrogens with one attached hydrogen (secondary N) is 1. The molecule has 1 atom stereocenters. The molecule has 3 rings (SSSR count). The van der Waals surface area contributed by atoms with Crippen LogP contribution < -0.4 is 10.2 Å². The van der Waals surface area contributed by atoms with Crippen LogP contribution in [0, 0.1) is 13.8 Å². The number of hydrogen-bond donors (Lipinski definition) is 1. The highest BCUT2D eigenvalue weighted by Gasteiger charge is 2.33. The summed E-state index contributed by atoms with van der Waals surface area (Å²) in [4.78, 5) is 40.5. The van der Waals surface area contributed by atoms with E-state index in [0.29, 0.717) is 39.1 Å². The summed E-state index contributed by atoms with van der Waals surface area (Å²) in [5.41, 5.74) is 3.21. The Hall–Kier alpha value is -2.57. The molecule has 2 fully saturated rings. The largest absolute Gasteiger partial charge is 0.342 e. The third-order valence-electron chi connectivity index (χ3n) is 5.01. The molecule has 0 aromatic heterocycles. The van der Waals surface area contributed by atoms with Crippen LogP contribution in [-0.4, -0.2) is 66.9 Å². The maximum Gasteiger partial charge on any atom is 0.317 e. The minimum atomic E-state index is -0.189. The number of anilines is 1. The highest BCUT2D eigenvalue weighted by Crippen LogP contribution is 2.24. The zero-order chi connectivity index (χ0) is 18.0. The predicted molar refractivity (Wildman–Crippen MR) is 94.4 cm³/mol. The van der Waals surface area contributed by atoms with Crippen molar-refractivity contribution in [1.82, 2.24) is 15.1 Å². The van der Waals surface area contributed by atoms with E-state index in [2.05, 4.69) is 5.32 Å². The summed E-state index contributed by atoms with van der Waals surface area (Å²) in [6.07, 6.45) is 1.12. The lowest BCUT2D eigenvalue weighted by Crippen LogP contribution is -2.53. The van der Waals surface area contributed by atoms with Crippen LogP contribution in [0.5, 0.6) is 0 Å². The first-order chi connectivity index (χ1) is 12.0. The van der Waals surface area contributed by atoms with Crippen LogP contribution in [0.3, 0.4) is 0 Å². The van der Waals surface area contributed by atoms with Gasteiger partial charge in [-0.15, -0.1) is 0 Å². The second-order valence-electron chi connectivity index (χ2n) is 6.75. The Morgan fingerprint density at radius 3 is 2.52 bits per heavy atom.